The van der Waals surface area contributed by atoms with Gasteiger partial charge in [-0.15, -0.1) is 11.8 Å². The molecule has 2 unspecified atom stereocenters. The molecule has 1 aromatic rings. The molecule has 2 aliphatic rings. The smallest absolute Gasteiger partial charge is 0.330 e. The van der Waals surface area contributed by atoms with Gasteiger partial charge in [0.25, 0.3) is 5.91 Å². The maximum atomic E-state index is 12.5. The largest absolute Gasteiger partial charge is 0.484 e. The zero-order valence-corrected chi connectivity index (χ0v) is 15.0. The first-order valence-electron chi connectivity index (χ1n) is 7.90. The molecule has 2 amide bonds. The molecular formula is C17H20N2O5S. The van der Waals surface area contributed by atoms with E-state index in [4.69, 9.17) is 4.74 Å². The molecule has 2 aliphatic heterocycles. The maximum Gasteiger partial charge on any atom is 0.330 e. The van der Waals surface area contributed by atoms with E-state index in [2.05, 4.69) is 5.32 Å². The van der Waals surface area contributed by atoms with Crippen molar-refractivity contribution in [2.24, 2.45) is 0 Å². The average Bonchev–Trinajstić information content (AvgIpc) is 2.77. The molecule has 3 rings (SSSR count). The Balaban J connectivity index is 1.64. The molecule has 8 heteroatoms. The minimum absolute atomic E-state index is 0.204. The fourth-order valence-electron chi connectivity index (χ4n) is 3.14. The third-order valence-electron chi connectivity index (χ3n) is 4.96. The second-order valence-corrected chi connectivity index (χ2v) is 8.49. The number of fused-ring (bicyclic) bond motifs is 1. The number of carboxylic acids is 1. The van der Waals surface area contributed by atoms with Crippen molar-refractivity contribution in [1.29, 1.82) is 0 Å². The highest BCUT2D eigenvalue weighted by Crippen LogP contribution is 2.56. The van der Waals surface area contributed by atoms with Crippen LogP contribution in [-0.2, 0) is 14.4 Å². The van der Waals surface area contributed by atoms with Gasteiger partial charge in [0.05, 0.1) is 0 Å². The molecule has 1 aromatic carbocycles. The number of ether oxygens (including phenoxy) is 1. The number of para-hydroxylation sites is 1. The summed E-state index contributed by atoms with van der Waals surface area (Å²) in [6.45, 7) is 4.95. The van der Waals surface area contributed by atoms with E-state index >= 15 is 0 Å². The Bertz CT molecular complexity index is 723. The predicted octanol–water partition coefficient (Wildman–Crippen LogP) is 1.09. The van der Waals surface area contributed by atoms with Gasteiger partial charge in [-0.1, -0.05) is 18.2 Å². The van der Waals surface area contributed by atoms with Crippen molar-refractivity contribution in [3.05, 3.63) is 30.3 Å². The lowest BCUT2D eigenvalue weighted by Crippen LogP contribution is -2.74. The molecule has 3 atom stereocenters. The fourth-order valence-corrected chi connectivity index (χ4v) is 4.90. The van der Waals surface area contributed by atoms with Crippen LogP contribution in [0.15, 0.2) is 30.3 Å². The topological polar surface area (TPSA) is 95.9 Å². The highest BCUT2D eigenvalue weighted by atomic mass is 32.2. The van der Waals surface area contributed by atoms with Crippen molar-refractivity contribution in [1.82, 2.24) is 10.2 Å². The zero-order valence-electron chi connectivity index (χ0n) is 14.2. The van der Waals surface area contributed by atoms with E-state index in [0.29, 0.717) is 5.75 Å². The van der Waals surface area contributed by atoms with Crippen LogP contribution in [0.25, 0.3) is 0 Å². The summed E-state index contributed by atoms with van der Waals surface area (Å²) in [6.07, 6.45) is 0. The third kappa shape index (κ3) is 2.64. The number of carboxylic acid groups (broad SMARTS) is 1. The van der Waals surface area contributed by atoms with Crippen LogP contribution in [0, 0.1) is 0 Å². The second-order valence-electron chi connectivity index (χ2n) is 6.75. The predicted molar refractivity (Wildman–Crippen MR) is 92.2 cm³/mol. The molecule has 7 nitrogen and oxygen atoms in total. The first-order valence-corrected chi connectivity index (χ1v) is 8.78. The van der Waals surface area contributed by atoms with Gasteiger partial charge in [0.2, 0.25) is 5.91 Å². The lowest BCUT2D eigenvalue weighted by atomic mass is 9.82. The van der Waals surface area contributed by atoms with Crippen molar-refractivity contribution in [2.45, 2.75) is 42.5 Å². The molecule has 2 heterocycles. The highest BCUT2D eigenvalue weighted by molar-refractivity contribution is 8.01. The van der Waals surface area contributed by atoms with Crippen molar-refractivity contribution in [2.75, 3.05) is 6.61 Å². The zero-order chi connectivity index (χ0) is 18.4. The molecule has 0 radical (unpaired) electrons. The molecular weight excluding hydrogens is 344 g/mol. The van der Waals surface area contributed by atoms with Crippen molar-refractivity contribution in [3.8, 4) is 5.75 Å². The Morgan fingerprint density at radius 1 is 1.28 bits per heavy atom. The van der Waals surface area contributed by atoms with E-state index in [1.165, 1.54) is 16.7 Å². The van der Waals surface area contributed by atoms with E-state index in [1.807, 2.05) is 6.07 Å². The molecule has 2 saturated heterocycles. The first-order chi connectivity index (χ1) is 11.7. The molecule has 134 valence electrons. The number of rotatable bonds is 5. The third-order valence-corrected chi connectivity index (χ3v) is 6.67. The number of aliphatic carboxylic acids is 1. The molecule has 25 heavy (non-hydrogen) atoms. The minimum atomic E-state index is -1.30. The number of nitrogens with zero attached hydrogens (tertiary/aromatic N) is 1. The number of carbonyl (C=O) groups is 3. The van der Waals surface area contributed by atoms with Gasteiger partial charge < -0.3 is 20.1 Å². The van der Waals surface area contributed by atoms with Gasteiger partial charge >= 0.3 is 5.97 Å². The van der Waals surface area contributed by atoms with E-state index < -0.39 is 28.2 Å². The Kier molecular flexibility index (Phi) is 4.18. The summed E-state index contributed by atoms with van der Waals surface area (Å²) < 4.78 is 4.70. The van der Waals surface area contributed by atoms with E-state index in [1.54, 1.807) is 45.0 Å². The van der Waals surface area contributed by atoms with Crippen LogP contribution in [-0.4, -0.2) is 56.1 Å². The summed E-state index contributed by atoms with van der Waals surface area (Å²) in [5.41, 5.74) is -1.30. The monoisotopic (exact) mass is 364 g/mol. The minimum Gasteiger partial charge on any atom is -0.484 e. The van der Waals surface area contributed by atoms with E-state index in [-0.39, 0.29) is 17.9 Å². The van der Waals surface area contributed by atoms with E-state index in [9.17, 15) is 19.5 Å². The van der Waals surface area contributed by atoms with Crippen LogP contribution in [0.3, 0.4) is 0 Å². The number of benzene rings is 1. The normalized spacial score (nSPS) is 29.6. The Hall–Kier alpha value is -2.22. The lowest BCUT2D eigenvalue weighted by Gasteiger charge is -2.48. The molecule has 0 saturated carbocycles. The van der Waals surface area contributed by atoms with Crippen LogP contribution in [0.5, 0.6) is 5.75 Å². The van der Waals surface area contributed by atoms with E-state index in [0.717, 1.165) is 0 Å². The van der Waals surface area contributed by atoms with Gasteiger partial charge in [-0.25, -0.2) is 4.79 Å². The molecule has 0 spiro atoms. The second kappa shape index (κ2) is 5.94. The van der Waals surface area contributed by atoms with Crippen molar-refractivity contribution in [3.63, 3.8) is 0 Å². The van der Waals surface area contributed by atoms with Crippen molar-refractivity contribution >= 4 is 29.5 Å². The van der Waals surface area contributed by atoms with Gasteiger partial charge in [-0.3, -0.25) is 9.59 Å². The summed E-state index contributed by atoms with van der Waals surface area (Å²) in [4.78, 5) is 37.6. The van der Waals surface area contributed by atoms with Gasteiger partial charge in [-0.2, -0.15) is 0 Å². The Morgan fingerprint density at radius 2 is 1.92 bits per heavy atom. The molecule has 0 bridgehead atoms. The summed E-state index contributed by atoms with van der Waals surface area (Å²) in [6, 6.07) is 8.17. The van der Waals surface area contributed by atoms with Gasteiger partial charge in [-0.05, 0) is 32.9 Å². The van der Waals surface area contributed by atoms with Gasteiger partial charge in [0.1, 0.15) is 17.2 Å². The SMILES string of the molecule is CC1(C)SC2C(NC(=O)COc3ccccc3)C(=O)N2[C@@]1(C)C(=O)O. The number of carbonyl (C=O) groups excluding carboxylic acids is 2. The molecule has 0 aliphatic carbocycles. The summed E-state index contributed by atoms with van der Waals surface area (Å²) in [7, 11) is 0. The van der Waals surface area contributed by atoms with Crippen LogP contribution in [0.1, 0.15) is 20.8 Å². The van der Waals surface area contributed by atoms with Crippen LogP contribution < -0.4 is 10.1 Å². The maximum absolute atomic E-state index is 12.5. The number of β-lactam (4-membered cyclic amide) rings is 1. The lowest BCUT2D eigenvalue weighted by molar-refractivity contribution is -0.170. The van der Waals surface area contributed by atoms with Crippen LogP contribution in [0.2, 0.25) is 0 Å². The summed E-state index contributed by atoms with van der Waals surface area (Å²) >= 11 is 1.39. The fraction of sp³-hybridized carbons (Fsp3) is 0.471. The van der Waals surface area contributed by atoms with Crippen LogP contribution >= 0.6 is 11.8 Å². The van der Waals surface area contributed by atoms with Gasteiger partial charge in [0.15, 0.2) is 12.1 Å². The Morgan fingerprint density at radius 3 is 2.52 bits per heavy atom. The van der Waals surface area contributed by atoms with Crippen LogP contribution in [0.4, 0.5) is 0 Å². The number of amides is 2. The summed E-state index contributed by atoms with van der Waals surface area (Å²) in [5.74, 6) is -1.27. The molecule has 0 aromatic heterocycles. The molecule has 2 N–H and O–H groups in total. The van der Waals surface area contributed by atoms with Crippen molar-refractivity contribution < 1.29 is 24.2 Å². The standard InChI is InChI=1S/C17H20N2O5S/c1-16(2)17(3,15(22)23)19-13(21)12(14(19)25-16)18-11(20)9-24-10-7-5-4-6-8-10/h4-8,12,14H,9H2,1-3H3,(H,18,20)(H,22,23)/t12?,14?,17-/m0/s1. The first kappa shape index (κ1) is 17.6. The number of thioether (sulfide) groups is 1. The Labute approximate surface area is 149 Å². The molecule has 2 fully saturated rings. The average molecular weight is 364 g/mol. The quantitative estimate of drug-likeness (QED) is 0.760. The number of hydrogen-bond acceptors (Lipinski definition) is 5. The highest BCUT2D eigenvalue weighted by Gasteiger charge is 2.70. The number of nitrogens with one attached hydrogen (secondary N) is 1. The van der Waals surface area contributed by atoms with Gasteiger partial charge in [0, 0.05) is 4.75 Å². The number of hydrogen-bond donors (Lipinski definition) is 2. The summed E-state index contributed by atoms with van der Waals surface area (Å²) in [5, 5.41) is 11.9.